The highest BCUT2D eigenvalue weighted by molar-refractivity contribution is 7.99. The predicted molar refractivity (Wildman–Crippen MR) is 469 cm³/mol. The molecule has 0 fully saturated rings. The standard InChI is InChI=1S/C13H18N4S.C12H15ClN4S.C11H14N4OS.C11H14N4S.C10H11ClN4OS.C10H12N4S.C10H11N3S2/c1-9(2)17-8-14-6-12(17)7-18-13-15-10(3)5-11(4)16-13;1-7-5-8(2)15-12(14-7)18-6-10-9(3)16-17(4)11(10)13;1-7-4-10(16)14-11(12-7)17-6-9-5-15(3)8(2)13-9;1-8-4-9(2)14-11(13-8)16-6-10-5-12-7-15(10)3;1-6-3-9(16)13-10(12-6)17-5-8-7(11)4-15(2)14-8;1-8-6-9(2)13-10(12-8)15-7-14-5-3-4-11-14;1-7-3-8(2)13-10(12-7)15-5-9-4-14-6-11-9/h5-6,8-9H,7H2,1-4H3;5H,6H2,1-4H3;4-5H,6H2,1-3H3,(H,12,14,16);4-5,7H,6H2,1-3H3;3-4H,5H2,1-2H3,(H,12,13,16);3-6H,7H2,1-2H3;3-4,6H,5H2,1-2H3. The molecule has 0 bridgehead atoms. The molecule has 29 nitrogen and oxygen atoms in total. The van der Waals surface area contributed by atoms with Crippen LogP contribution in [0.15, 0.2) is 155 Å². The van der Waals surface area contributed by atoms with Crippen molar-refractivity contribution in [1.29, 1.82) is 0 Å². The fraction of sp³-hybridized carbons (Fsp3) is 0.364. The van der Waals surface area contributed by atoms with Crippen molar-refractivity contribution in [2.24, 2.45) is 28.2 Å². The van der Waals surface area contributed by atoms with Crippen molar-refractivity contribution < 1.29 is 0 Å². The van der Waals surface area contributed by atoms with E-state index in [1.165, 1.54) is 47.0 Å². The topological polar surface area (TPSA) is 340 Å². The Morgan fingerprint density at radius 2 is 0.905 bits per heavy atom. The van der Waals surface area contributed by atoms with Gasteiger partial charge in [0.2, 0.25) is 0 Å². The van der Waals surface area contributed by atoms with E-state index in [-0.39, 0.29) is 11.1 Å². The van der Waals surface area contributed by atoms with Crippen LogP contribution in [0.1, 0.15) is 134 Å². The van der Waals surface area contributed by atoms with Crippen LogP contribution < -0.4 is 11.1 Å². The third-order valence-electron chi connectivity index (χ3n) is 15.5. The molecule has 0 saturated carbocycles. The smallest absolute Gasteiger partial charge is 0.251 e. The number of aryl methyl sites for hydroxylation is 18. The lowest BCUT2D eigenvalue weighted by molar-refractivity contribution is 0.583. The van der Waals surface area contributed by atoms with E-state index in [0.29, 0.717) is 43.7 Å². The van der Waals surface area contributed by atoms with Crippen molar-refractivity contribution in [3.63, 3.8) is 0 Å². The number of H-pyrrole nitrogens is 2. The molecule has 612 valence electrons. The molecule has 14 aromatic heterocycles. The molecule has 14 heterocycles. The highest BCUT2D eigenvalue weighted by Gasteiger charge is 2.15. The monoisotopic (exact) mass is 1760 g/mol. The summed E-state index contributed by atoms with van der Waals surface area (Å²) < 4.78 is 11.4. The van der Waals surface area contributed by atoms with Gasteiger partial charge in [-0.3, -0.25) is 23.6 Å². The van der Waals surface area contributed by atoms with Crippen LogP contribution in [0, 0.1) is 96.9 Å². The molecule has 0 aliphatic carbocycles. The van der Waals surface area contributed by atoms with Crippen LogP contribution in [-0.4, -0.2) is 133 Å². The fourth-order valence-electron chi connectivity index (χ4n) is 10.2. The van der Waals surface area contributed by atoms with E-state index in [4.69, 9.17) is 23.2 Å². The quantitative estimate of drug-likeness (QED) is 0.0470. The first kappa shape index (κ1) is 92.6. The number of aromatic nitrogens is 27. The van der Waals surface area contributed by atoms with Crippen molar-refractivity contribution in [3.8, 4) is 0 Å². The second-order valence-corrected chi connectivity index (χ2v) is 34.5. The SMILES string of the molecule is Cc1cc(=O)[nH]c(SCc2cn(C)c(C)n2)n1.Cc1cc(=O)[nH]c(SCc2nn(C)cc2Cl)n1.Cc1cc(C)nc(SCc2c(C)nn(C)c2Cl)n1.Cc1cc(C)nc(SCc2cncn2C(C)C)n1.Cc1cc(C)nc(SCc2cncn2C)n1.Cc1cc(C)nc(SCc2cscn2)n1.Cc1cc(C)nc(SCn2cccn2)n1. The zero-order chi connectivity index (χ0) is 84.1. The minimum absolute atomic E-state index is 0.114. The van der Waals surface area contributed by atoms with Gasteiger partial charge in [0.25, 0.3) is 11.1 Å². The summed E-state index contributed by atoms with van der Waals surface area (Å²) in [5.74, 6) is 6.27. The third kappa shape index (κ3) is 32.2. The molecule has 0 radical (unpaired) electrons. The number of aromatic amines is 2. The maximum atomic E-state index is 11.3. The number of hydrogen-bond acceptors (Lipinski definition) is 29. The molecule has 0 amide bonds. The van der Waals surface area contributed by atoms with Crippen LogP contribution in [0.25, 0.3) is 0 Å². The Kier molecular flexibility index (Phi) is 36.9. The van der Waals surface area contributed by atoms with Gasteiger partial charge < -0.3 is 23.7 Å². The number of thiazole rings is 1. The average molecular weight is 1760 g/mol. The lowest BCUT2D eigenvalue weighted by Gasteiger charge is -2.11. The second-order valence-electron chi connectivity index (χ2n) is 26.4. The van der Waals surface area contributed by atoms with Crippen LogP contribution in [0.3, 0.4) is 0 Å². The number of imidazole rings is 3. The maximum absolute atomic E-state index is 11.3. The van der Waals surface area contributed by atoms with Crippen molar-refractivity contribution in [2.45, 2.75) is 193 Å². The second kappa shape index (κ2) is 46.3. The van der Waals surface area contributed by atoms with E-state index in [1.807, 2.05) is 205 Å². The van der Waals surface area contributed by atoms with E-state index in [1.54, 1.807) is 105 Å². The highest BCUT2D eigenvalue weighted by Crippen LogP contribution is 2.29. The number of nitrogens with one attached hydrogen (secondary N) is 2. The summed E-state index contributed by atoms with van der Waals surface area (Å²) in [6, 6.07) is 15.2. The Labute approximate surface area is 719 Å². The molecule has 0 aliphatic heterocycles. The van der Waals surface area contributed by atoms with E-state index in [9.17, 15) is 9.59 Å². The van der Waals surface area contributed by atoms with Crippen LogP contribution >= 0.6 is 117 Å². The van der Waals surface area contributed by atoms with E-state index in [2.05, 4.69) is 129 Å². The van der Waals surface area contributed by atoms with Crippen LogP contribution in [0.4, 0.5) is 0 Å². The predicted octanol–water partition coefficient (Wildman–Crippen LogP) is 16.4. The van der Waals surface area contributed by atoms with Gasteiger partial charge in [-0.2, -0.15) is 15.3 Å². The van der Waals surface area contributed by atoms with Gasteiger partial charge in [0.15, 0.2) is 36.1 Å². The largest absolute Gasteiger partial charge is 0.338 e. The van der Waals surface area contributed by atoms with Gasteiger partial charge in [0, 0.05) is 209 Å². The normalized spacial score (nSPS) is 10.8. The number of rotatable bonds is 22. The first-order chi connectivity index (χ1) is 55.2. The number of nitrogens with zero attached hydrogens (tertiary/aromatic N) is 25. The summed E-state index contributed by atoms with van der Waals surface area (Å²) in [5.41, 5.74) is 20.3. The molecule has 2 N–H and O–H groups in total. The molecule has 39 heteroatoms. The Hall–Kier alpha value is -8.92. The van der Waals surface area contributed by atoms with Gasteiger partial charge in [-0.15, -0.1) is 11.3 Å². The summed E-state index contributed by atoms with van der Waals surface area (Å²) in [6.45, 7) is 31.7. The minimum atomic E-state index is -0.146. The maximum Gasteiger partial charge on any atom is 0.251 e. The zero-order valence-corrected chi connectivity index (χ0v) is 76.5. The van der Waals surface area contributed by atoms with Crippen molar-refractivity contribution in [1.82, 2.24) is 133 Å². The Morgan fingerprint density at radius 1 is 0.466 bits per heavy atom. The summed E-state index contributed by atoms with van der Waals surface area (Å²) in [7, 11) is 7.61. The fourth-order valence-corrected chi connectivity index (χ4v) is 17.8. The molecule has 0 spiro atoms. The summed E-state index contributed by atoms with van der Waals surface area (Å²) in [5, 5.41) is 21.3. The number of thioether (sulfide) groups is 7. The molecule has 0 unspecified atom stereocenters. The lowest BCUT2D eigenvalue weighted by Crippen LogP contribution is -2.08. The molecule has 14 aromatic rings. The van der Waals surface area contributed by atoms with Gasteiger partial charge in [-0.1, -0.05) is 106 Å². The molecule has 0 aliphatic rings. The Bertz CT molecular complexity index is 5360. The summed E-state index contributed by atoms with van der Waals surface area (Å²) in [4.78, 5) is 97.0. The van der Waals surface area contributed by atoms with Gasteiger partial charge in [-0.05, 0) is 147 Å². The highest BCUT2D eigenvalue weighted by atomic mass is 35.5. The molecule has 0 saturated heterocycles. The molecule has 116 heavy (non-hydrogen) atoms. The Balaban J connectivity index is 0.000000169. The minimum Gasteiger partial charge on any atom is -0.338 e. The van der Waals surface area contributed by atoms with E-state index >= 15 is 0 Å². The zero-order valence-electron chi connectivity index (χ0n) is 68.4. The van der Waals surface area contributed by atoms with Crippen molar-refractivity contribution in [3.05, 3.63) is 254 Å². The van der Waals surface area contributed by atoms with E-state index < -0.39 is 0 Å². The van der Waals surface area contributed by atoms with E-state index in [0.717, 1.165) is 151 Å². The van der Waals surface area contributed by atoms with Gasteiger partial charge in [0.1, 0.15) is 11.0 Å². The number of hydrogen-bond donors (Lipinski definition) is 2. The van der Waals surface area contributed by atoms with Gasteiger partial charge in [-0.25, -0.2) is 79.7 Å². The van der Waals surface area contributed by atoms with Crippen molar-refractivity contribution >= 4 is 117 Å². The summed E-state index contributed by atoms with van der Waals surface area (Å²) in [6.07, 6.45) is 14.9. The molecule has 0 aromatic carbocycles. The Morgan fingerprint density at radius 3 is 1.30 bits per heavy atom. The average Bonchev–Trinajstić information content (AvgIpc) is 1.69. The molecule has 14 rings (SSSR count). The third-order valence-corrected chi connectivity index (χ3v) is 23.0. The van der Waals surface area contributed by atoms with Gasteiger partial charge >= 0.3 is 0 Å². The van der Waals surface area contributed by atoms with Crippen LogP contribution in [0.5, 0.6) is 0 Å². The lowest BCUT2D eigenvalue weighted by atomic mass is 10.3. The first-order valence-electron chi connectivity index (χ1n) is 36.1. The van der Waals surface area contributed by atoms with Crippen LogP contribution in [-0.2, 0) is 68.6 Å². The first-order valence-corrected chi connectivity index (χ1v) is 44.7. The van der Waals surface area contributed by atoms with Crippen molar-refractivity contribution in [2.75, 3.05) is 0 Å². The van der Waals surface area contributed by atoms with Crippen LogP contribution in [0.2, 0.25) is 10.2 Å². The molecular formula is C77H95Cl2N27O2S8. The molecule has 0 atom stereocenters. The molecular weight excluding hydrogens is 1660 g/mol. The number of halogens is 2. The summed E-state index contributed by atoms with van der Waals surface area (Å²) >= 11 is 24.8. The van der Waals surface area contributed by atoms with Gasteiger partial charge in [0.05, 0.1) is 51.8 Å².